The van der Waals surface area contributed by atoms with Crippen LogP contribution in [0.1, 0.15) is 26.2 Å². The second-order valence-electron chi connectivity index (χ2n) is 3.65. The second-order valence-corrected chi connectivity index (χ2v) is 3.65. The first-order valence-electron chi connectivity index (χ1n) is 5.54. The summed E-state index contributed by atoms with van der Waals surface area (Å²) in [7, 11) is 0. The van der Waals surface area contributed by atoms with Gasteiger partial charge in [-0.05, 0) is 19.4 Å². The number of carbonyl (C=O) groups is 1. The van der Waals surface area contributed by atoms with Gasteiger partial charge in [-0.1, -0.05) is 18.6 Å². The summed E-state index contributed by atoms with van der Waals surface area (Å²) >= 11 is 0. The van der Waals surface area contributed by atoms with E-state index in [0.29, 0.717) is 13.0 Å². The molecule has 0 spiro atoms. The van der Waals surface area contributed by atoms with Crippen molar-refractivity contribution in [3.05, 3.63) is 12.4 Å². The van der Waals surface area contributed by atoms with Crippen LogP contribution in [-0.4, -0.2) is 38.7 Å². The molecule has 1 aromatic heterocycles. The summed E-state index contributed by atoms with van der Waals surface area (Å²) in [5.74, 6) is -0.775. The fourth-order valence-corrected chi connectivity index (χ4v) is 1.47. The van der Waals surface area contributed by atoms with Crippen LogP contribution in [-0.2, 0) is 11.3 Å². The molecule has 0 bridgehead atoms. The molecule has 1 heterocycles. The minimum atomic E-state index is -0.775. The maximum atomic E-state index is 10.8. The van der Waals surface area contributed by atoms with Crippen molar-refractivity contribution >= 4 is 5.97 Å². The largest absolute Gasteiger partial charge is 0.480 e. The summed E-state index contributed by atoms with van der Waals surface area (Å²) in [6.45, 7) is 3.41. The third kappa shape index (κ3) is 4.39. The molecular formula is C10H18N4O2. The van der Waals surface area contributed by atoms with Gasteiger partial charge in [-0.25, -0.2) is 0 Å². The van der Waals surface area contributed by atoms with Crippen LogP contribution < -0.4 is 5.32 Å². The van der Waals surface area contributed by atoms with E-state index in [1.807, 2.05) is 6.92 Å². The summed E-state index contributed by atoms with van der Waals surface area (Å²) in [4.78, 5) is 10.8. The topological polar surface area (TPSA) is 80.0 Å². The number of aryl methyl sites for hydroxylation is 1. The van der Waals surface area contributed by atoms with Gasteiger partial charge in [0.1, 0.15) is 6.04 Å². The Hall–Kier alpha value is -1.43. The van der Waals surface area contributed by atoms with Gasteiger partial charge >= 0.3 is 5.97 Å². The molecule has 16 heavy (non-hydrogen) atoms. The first kappa shape index (κ1) is 12.6. The molecule has 0 saturated heterocycles. The Balaban J connectivity index is 2.15. The molecule has 0 aliphatic rings. The molecule has 0 aliphatic carbocycles. The molecule has 90 valence electrons. The molecule has 0 amide bonds. The minimum absolute atomic E-state index is 0.430. The fraction of sp³-hybridized carbons (Fsp3) is 0.700. The normalized spacial score (nSPS) is 12.6. The first-order valence-corrected chi connectivity index (χ1v) is 5.54. The van der Waals surface area contributed by atoms with E-state index in [0.717, 1.165) is 19.4 Å². The van der Waals surface area contributed by atoms with E-state index in [1.165, 1.54) is 0 Å². The van der Waals surface area contributed by atoms with E-state index >= 15 is 0 Å². The van der Waals surface area contributed by atoms with Gasteiger partial charge in [0.2, 0.25) is 0 Å². The number of carboxylic acid groups (broad SMARTS) is 1. The number of aliphatic carboxylic acids is 1. The van der Waals surface area contributed by atoms with Crippen molar-refractivity contribution in [2.24, 2.45) is 0 Å². The summed E-state index contributed by atoms with van der Waals surface area (Å²) < 4.78 is 1.73. The third-order valence-corrected chi connectivity index (χ3v) is 2.30. The zero-order valence-corrected chi connectivity index (χ0v) is 9.46. The summed E-state index contributed by atoms with van der Waals surface area (Å²) in [6, 6.07) is -0.430. The molecule has 0 fully saturated rings. The minimum Gasteiger partial charge on any atom is -0.480 e. The lowest BCUT2D eigenvalue weighted by Gasteiger charge is -2.12. The SMILES string of the molecule is CCCC(NCCCn1ccnn1)C(=O)O. The highest BCUT2D eigenvalue weighted by atomic mass is 16.4. The molecule has 1 atom stereocenters. The van der Waals surface area contributed by atoms with Gasteiger partial charge in [0.25, 0.3) is 0 Å². The molecule has 1 aromatic rings. The smallest absolute Gasteiger partial charge is 0.320 e. The van der Waals surface area contributed by atoms with Crippen molar-refractivity contribution in [3.63, 3.8) is 0 Å². The molecule has 6 nitrogen and oxygen atoms in total. The Morgan fingerprint density at radius 2 is 2.44 bits per heavy atom. The lowest BCUT2D eigenvalue weighted by Crippen LogP contribution is -2.37. The monoisotopic (exact) mass is 226 g/mol. The Bertz CT molecular complexity index is 300. The van der Waals surface area contributed by atoms with Crippen molar-refractivity contribution in [1.82, 2.24) is 20.3 Å². The first-order chi connectivity index (χ1) is 7.74. The van der Waals surface area contributed by atoms with E-state index in [9.17, 15) is 4.79 Å². The van der Waals surface area contributed by atoms with Gasteiger partial charge in [-0.15, -0.1) is 5.10 Å². The van der Waals surface area contributed by atoms with Crippen LogP contribution in [0.25, 0.3) is 0 Å². The Morgan fingerprint density at radius 1 is 1.62 bits per heavy atom. The highest BCUT2D eigenvalue weighted by molar-refractivity contribution is 5.73. The van der Waals surface area contributed by atoms with Gasteiger partial charge < -0.3 is 10.4 Å². The molecule has 6 heteroatoms. The van der Waals surface area contributed by atoms with Crippen LogP contribution in [0.3, 0.4) is 0 Å². The van der Waals surface area contributed by atoms with Crippen molar-refractivity contribution in [3.8, 4) is 0 Å². The molecule has 0 radical (unpaired) electrons. The number of nitrogens with zero attached hydrogens (tertiary/aromatic N) is 3. The van der Waals surface area contributed by atoms with Gasteiger partial charge in [0, 0.05) is 12.7 Å². The van der Waals surface area contributed by atoms with Crippen molar-refractivity contribution in [2.75, 3.05) is 6.54 Å². The average Bonchev–Trinajstić information content (AvgIpc) is 2.75. The van der Waals surface area contributed by atoms with Crippen LogP contribution in [0, 0.1) is 0 Å². The van der Waals surface area contributed by atoms with Crippen LogP contribution in [0.5, 0.6) is 0 Å². The highest BCUT2D eigenvalue weighted by Crippen LogP contribution is 1.97. The molecule has 0 aromatic carbocycles. The van der Waals surface area contributed by atoms with Crippen LogP contribution in [0.4, 0.5) is 0 Å². The summed E-state index contributed by atoms with van der Waals surface area (Å²) in [6.07, 6.45) is 5.80. The third-order valence-electron chi connectivity index (χ3n) is 2.30. The van der Waals surface area contributed by atoms with Crippen molar-refractivity contribution < 1.29 is 9.90 Å². The quantitative estimate of drug-likeness (QED) is 0.631. The average molecular weight is 226 g/mol. The van der Waals surface area contributed by atoms with E-state index in [-0.39, 0.29) is 0 Å². The number of carboxylic acids is 1. The number of hydrogen-bond donors (Lipinski definition) is 2. The molecule has 2 N–H and O–H groups in total. The van der Waals surface area contributed by atoms with Gasteiger partial charge in [-0.2, -0.15) is 0 Å². The number of rotatable bonds is 8. The summed E-state index contributed by atoms with van der Waals surface area (Å²) in [5.41, 5.74) is 0. The fourth-order valence-electron chi connectivity index (χ4n) is 1.47. The Kier molecular flexibility index (Phi) is 5.49. The lowest BCUT2D eigenvalue weighted by atomic mass is 10.1. The van der Waals surface area contributed by atoms with Crippen molar-refractivity contribution in [1.29, 1.82) is 0 Å². The predicted molar refractivity (Wildman–Crippen MR) is 59.0 cm³/mol. The zero-order chi connectivity index (χ0) is 11.8. The molecule has 0 saturated carbocycles. The van der Waals surface area contributed by atoms with E-state index in [2.05, 4.69) is 15.6 Å². The highest BCUT2D eigenvalue weighted by Gasteiger charge is 2.14. The molecule has 1 unspecified atom stereocenters. The van der Waals surface area contributed by atoms with Gasteiger partial charge in [-0.3, -0.25) is 9.48 Å². The second kappa shape index (κ2) is 6.95. The van der Waals surface area contributed by atoms with Crippen LogP contribution in [0.2, 0.25) is 0 Å². The molecule has 0 aliphatic heterocycles. The Labute approximate surface area is 94.7 Å². The standard InChI is InChI=1S/C10H18N4O2/c1-2-4-9(10(15)16)11-5-3-7-14-8-6-12-13-14/h6,8-9,11H,2-5,7H2,1H3,(H,15,16). The van der Waals surface area contributed by atoms with E-state index < -0.39 is 12.0 Å². The molecule has 1 rings (SSSR count). The number of nitrogens with one attached hydrogen (secondary N) is 1. The zero-order valence-electron chi connectivity index (χ0n) is 9.46. The predicted octanol–water partition coefficient (Wildman–Crippen LogP) is 0.511. The van der Waals surface area contributed by atoms with Gasteiger partial charge in [0.05, 0.1) is 6.20 Å². The van der Waals surface area contributed by atoms with Gasteiger partial charge in [0.15, 0.2) is 0 Å². The number of hydrogen-bond acceptors (Lipinski definition) is 4. The van der Waals surface area contributed by atoms with Crippen LogP contribution >= 0.6 is 0 Å². The van der Waals surface area contributed by atoms with Crippen LogP contribution in [0.15, 0.2) is 12.4 Å². The van der Waals surface area contributed by atoms with E-state index in [1.54, 1.807) is 17.1 Å². The maximum Gasteiger partial charge on any atom is 0.320 e. The summed E-state index contributed by atoms with van der Waals surface area (Å²) in [5, 5.41) is 19.4. The Morgan fingerprint density at radius 3 is 3.00 bits per heavy atom. The lowest BCUT2D eigenvalue weighted by molar-refractivity contribution is -0.139. The van der Waals surface area contributed by atoms with E-state index in [4.69, 9.17) is 5.11 Å². The maximum absolute atomic E-state index is 10.8. The number of aromatic nitrogens is 3. The molecular weight excluding hydrogens is 208 g/mol. The van der Waals surface area contributed by atoms with Crippen molar-refractivity contribution in [2.45, 2.75) is 38.8 Å².